The normalized spacial score (nSPS) is 12.0. The van der Waals surface area contributed by atoms with Gasteiger partial charge in [-0.2, -0.15) is 0 Å². The zero-order valence-corrected chi connectivity index (χ0v) is 14.5. The molecule has 2 aromatic rings. The number of nitrogens with one attached hydrogen (secondary N) is 1. The van der Waals surface area contributed by atoms with Crippen molar-refractivity contribution < 1.29 is 9.47 Å². The Morgan fingerprint density at radius 2 is 1.76 bits per heavy atom. The Hall–Kier alpha value is -1.23. The maximum Gasteiger partial charge on any atom is 0.125 e. The lowest BCUT2D eigenvalue weighted by Gasteiger charge is -2.21. The van der Waals surface area contributed by atoms with Crippen LogP contribution < -0.4 is 14.8 Å². The Morgan fingerprint density at radius 1 is 1.05 bits per heavy atom. The summed E-state index contributed by atoms with van der Waals surface area (Å²) in [5.41, 5.74) is 2.12. The second-order valence-corrected chi connectivity index (χ2v) is 5.79. The number of hydrogen-bond donors (Lipinski definition) is 1. The lowest BCUT2D eigenvalue weighted by Crippen LogP contribution is -2.19. The van der Waals surface area contributed by atoms with E-state index >= 15 is 0 Å². The molecule has 0 radical (unpaired) electrons. The summed E-state index contributed by atoms with van der Waals surface area (Å²) in [5, 5.41) is 3.97. The van der Waals surface area contributed by atoms with E-state index in [1.807, 2.05) is 43.4 Å². The number of hydrogen-bond acceptors (Lipinski definition) is 3. The molecule has 1 unspecified atom stereocenters. The lowest BCUT2D eigenvalue weighted by atomic mass is 9.98. The molecule has 112 valence electrons. The van der Waals surface area contributed by atoms with E-state index < -0.39 is 0 Å². The van der Waals surface area contributed by atoms with Crippen LogP contribution in [0, 0.1) is 0 Å². The van der Waals surface area contributed by atoms with Gasteiger partial charge < -0.3 is 14.8 Å². The minimum atomic E-state index is -0.0162. The van der Waals surface area contributed by atoms with Gasteiger partial charge in [0.25, 0.3) is 0 Å². The molecule has 0 amide bonds. The Bertz CT molecular complexity index is 634. The van der Waals surface area contributed by atoms with Gasteiger partial charge in [-0.15, -0.1) is 0 Å². The zero-order chi connectivity index (χ0) is 15.4. The van der Waals surface area contributed by atoms with Gasteiger partial charge in [-0.25, -0.2) is 0 Å². The van der Waals surface area contributed by atoms with Gasteiger partial charge in [0.15, 0.2) is 0 Å². The van der Waals surface area contributed by atoms with Crippen molar-refractivity contribution in [1.29, 1.82) is 0 Å². The highest BCUT2D eigenvalue weighted by Gasteiger charge is 2.19. The summed E-state index contributed by atoms with van der Waals surface area (Å²) in [7, 11) is 5.21. The predicted octanol–water partition coefficient (Wildman–Crippen LogP) is 4.43. The summed E-state index contributed by atoms with van der Waals surface area (Å²) in [4.78, 5) is 0. The number of rotatable bonds is 5. The first-order valence-corrected chi connectivity index (χ1v) is 7.62. The Balaban J connectivity index is 2.49. The van der Waals surface area contributed by atoms with Crippen LogP contribution in [0.2, 0.25) is 5.02 Å². The van der Waals surface area contributed by atoms with Crippen molar-refractivity contribution in [2.75, 3.05) is 21.3 Å². The molecule has 3 nitrogen and oxygen atoms in total. The third-order valence-electron chi connectivity index (χ3n) is 3.31. The lowest BCUT2D eigenvalue weighted by molar-refractivity contribution is 0.405. The molecule has 1 N–H and O–H groups in total. The average molecular weight is 371 g/mol. The van der Waals surface area contributed by atoms with Crippen LogP contribution in [0.1, 0.15) is 17.2 Å². The van der Waals surface area contributed by atoms with Gasteiger partial charge in [0.2, 0.25) is 0 Å². The molecule has 0 aliphatic rings. The largest absolute Gasteiger partial charge is 0.497 e. The highest BCUT2D eigenvalue weighted by molar-refractivity contribution is 9.10. The van der Waals surface area contributed by atoms with Gasteiger partial charge in [0, 0.05) is 15.1 Å². The van der Waals surface area contributed by atoms with Gasteiger partial charge in [0.05, 0.1) is 20.3 Å². The summed E-state index contributed by atoms with van der Waals surface area (Å²) in [6.07, 6.45) is 0. The average Bonchev–Trinajstić information content (AvgIpc) is 2.50. The molecule has 2 aromatic carbocycles. The van der Waals surface area contributed by atoms with Crippen LogP contribution >= 0.6 is 27.5 Å². The molecule has 0 aliphatic carbocycles. The van der Waals surface area contributed by atoms with Crippen LogP contribution in [0.15, 0.2) is 40.9 Å². The van der Waals surface area contributed by atoms with Crippen molar-refractivity contribution in [2.45, 2.75) is 6.04 Å². The van der Waals surface area contributed by atoms with Crippen LogP contribution in [0.3, 0.4) is 0 Å². The summed E-state index contributed by atoms with van der Waals surface area (Å²) in [5.74, 6) is 1.56. The molecule has 0 aromatic heterocycles. The van der Waals surface area contributed by atoms with Crippen LogP contribution in [-0.2, 0) is 0 Å². The van der Waals surface area contributed by atoms with E-state index in [-0.39, 0.29) is 6.04 Å². The number of halogens is 2. The molecule has 0 aliphatic heterocycles. The van der Waals surface area contributed by atoms with Gasteiger partial charge in [-0.1, -0.05) is 39.7 Å². The molecule has 0 heterocycles. The van der Waals surface area contributed by atoms with E-state index in [1.165, 1.54) is 0 Å². The molecule has 1 atom stereocenters. The molecule has 21 heavy (non-hydrogen) atoms. The van der Waals surface area contributed by atoms with E-state index in [9.17, 15) is 0 Å². The molecule has 0 saturated carbocycles. The molecular weight excluding hydrogens is 354 g/mol. The molecule has 0 saturated heterocycles. The van der Waals surface area contributed by atoms with Crippen LogP contribution in [0.25, 0.3) is 0 Å². The molecule has 0 fully saturated rings. The smallest absolute Gasteiger partial charge is 0.125 e. The van der Waals surface area contributed by atoms with Gasteiger partial charge in [-0.05, 0) is 36.9 Å². The summed E-state index contributed by atoms with van der Waals surface area (Å²) >= 11 is 9.63. The quantitative estimate of drug-likeness (QED) is 0.844. The second kappa shape index (κ2) is 7.16. The SMILES string of the molecule is CNC(c1ccc(OC)cc1Br)c1ccc(Cl)cc1OC. The van der Waals surface area contributed by atoms with Crippen molar-refractivity contribution in [3.63, 3.8) is 0 Å². The number of ether oxygens (including phenoxy) is 2. The van der Waals surface area contributed by atoms with E-state index in [4.69, 9.17) is 21.1 Å². The van der Waals surface area contributed by atoms with Crippen molar-refractivity contribution in [1.82, 2.24) is 5.32 Å². The second-order valence-electron chi connectivity index (χ2n) is 4.50. The third kappa shape index (κ3) is 3.51. The minimum absolute atomic E-state index is 0.0162. The van der Waals surface area contributed by atoms with Crippen molar-refractivity contribution >= 4 is 27.5 Å². The van der Waals surface area contributed by atoms with Crippen molar-refractivity contribution in [2.24, 2.45) is 0 Å². The van der Waals surface area contributed by atoms with Crippen molar-refractivity contribution in [3.05, 3.63) is 57.0 Å². The van der Waals surface area contributed by atoms with Crippen LogP contribution in [0.4, 0.5) is 0 Å². The molecule has 0 spiro atoms. The van der Waals surface area contributed by atoms with Gasteiger partial charge >= 0.3 is 0 Å². The molecule has 2 rings (SSSR count). The predicted molar refractivity (Wildman–Crippen MR) is 89.6 cm³/mol. The van der Waals surface area contributed by atoms with Crippen LogP contribution in [0.5, 0.6) is 11.5 Å². The standard InChI is InChI=1S/C16H17BrClNO2/c1-19-16(12-7-5-11(20-2)9-14(12)17)13-6-4-10(18)8-15(13)21-3/h4-9,16,19H,1-3H3. The first-order valence-electron chi connectivity index (χ1n) is 6.44. The topological polar surface area (TPSA) is 30.5 Å². The fourth-order valence-electron chi connectivity index (χ4n) is 2.27. The third-order valence-corrected chi connectivity index (χ3v) is 4.24. The monoisotopic (exact) mass is 369 g/mol. The summed E-state index contributed by atoms with van der Waals surface area (Å²) in [6, 6.07) is 11.5. The van der Waals surface area contributed by atoms with E-state index in [0.717, 1.165) is 27.1 Å². The fraction of sp³-hybridized carbons (Fsp3) is 0.250. The first kappa shape index (κ1) is 16.1. The molecular formula is C16H17BrClNO2. The molecule has 0 bridgehead atoms. The van der Waals surface area contributed by atoms with E-state index in [1.54, 1.807) is 14.2 Å². The number of methoxy groups -OCH3 is 2. The highest BCUT2D eigenvalue weighted by atomic mass is 79.9. The summed E-state index contributed by atoms with van der Waals surface area (Å²) in [6.45, 7) is 0. The first-order chi connectivity index (χ1) is 10.1. The maximum atomic E-state index is 6.03. The minimum Gasteiger partial charge on any atom is -0.497 e. The van der Waals surface area contributed by atoms with Crippen LogP contribution in [-0.4, -0.2) is 21.3 Å². The Labute approximate surface area is 138 Å². The van der Waals surface area contributed by atoms with E-state index in [2.05, 4.69) is 21.2 Å². The zero-order valence-electron chi connectivity index (χ0n) is 12.1. The van der Waals surface area contributed by atoms with Crippen molar-refractivity contribution in [3.8, 4) is 11.5 Å². The Morgan fingerprint density at radius 3 is 2.33 bits per heavy atom. The summed E-state index contributed by atoms with van der Waals surface area (Å²) < 4.78 is 11.7. The Kier molecular flexibility index (Phi) is 5.51. The fourth-order valence-corrected chi connectivity index (χ4v) is 3.02. The highest BCUT2D eigenvalue weighted by Crippen LogP contribution is 2.36. The maximum absolute atomic E-state index is 6.03. The van der Waals surface area contributed by atoms with Gasteiger partial charge in [0.1, 0.15) is 11.5 Å². The van der Waals surface area contributed by atoms with E-state index in [0.29, 0.717) is 5.02 Å². The number of benzene rings is 2. The van der Waals surface area contributed by atoms with Gasteiger partial charge in [-0.3, -0.25) is 0 Å². The molecule has 5 heteroatoms.